The van der Waals surface area contributed by atoms with Crippen LogP contribution in [0.1, 0.15) is 20.8 Å². The van der Waals surface area contributed by atoms with Gasteiger partial charge < -0.3 is 24.8 Å². The summed E-state index contributed by atoms with van der Waals surface area (Å²) in [6.07, 6.45) is 0. The first-order valence-electron chi connectivity index (χ1n) is 7.56. The van der Waals surface area contributed by atoms with E-state index in [4.69, 9.17) is 14.2 Å². The maximum absolute atomic E-state index is 11.4. The van der Waals surface area contributed by atoms with E-state index in [2.05, 4.69) is 10.6 Å². The molecule has 6 heteroatoms. The Balaban J connectivity index is 0.00000172. The fourth-order valence-electron chi connectivity index (χ4n) is 1.45. The number of ether oxygens (including phenoxy) is 3. The van der Waals surface area contributed by atoms with Crippen molar-refractivity contribution in [2.75, 3.05) is 59.3 Å². The van der Waals surface area contributed by atoms with Gasteiger partial charge in [0.1, 0.15) is 0 Å². The molecule has 0 saturated carbocycles. The summed E-state index contributed by atoms with van der Waals surface area (Å²) in [5.41, 5.74) is 0. The molecule has 6 nitrogen and oxygen atoms in total. The van der Waals surface area contributed by atoms with Gasteiger partial charge >= 0.3 is 0 Å². The minimum absolute atomic E-state index is 0.116. The van der Waals surface area contributed by atoms with E-state index in [-0.39, 0.29) is 11.8 Å². The summed E-state index contributed by atoms with van der Waals surface area (Å²) in [4.78, 5) is 11.4. The Morgan fingerprint density at radius 2 is 1.60 bits per heavy atom. The van der Waals surface area contributed by atoms with Crippen LogP contribution in [0.4, 0.5) is 0 Å². The maximum Gasteiger partial charge on any atom is 0.225 e. The highest BCUT2D eigenvalue weighted by atomic mass is 16.5. The molecule has 120 valence electrons. The predicted octanol–water partition coefficient (Wildman–Crippen LogP) is 0.418. The van der Waals surface area contributed by atoms with Gasteiger partial charge in [0.15, 0.2) is 0 Å². The normalized spacial score (nSPS) is 14.2. The molecule has 0 radical (unpaired) electrons. The Kier molecular flexibility index (Phi) is 14.2. The fourth-order valence-corrected chi connectivity index (χ4v) is 1.45. The van der Waals surface area contributed by atoms with E-state index in [0.29, 0.717) is 39.6 Å². The van der Waals surface area contributed by atoms with Gasteiger partial charge in [0.2, 0.25) is 5.91 Å². The Bertz CT molecular complexity index is 223. The highest BCUT2D eigenvalue weighted by Crippen LogP contribution is 2.01. The van der Waals surface area contributed by atoms with Crippen molar-refractivity contribution in [2.24, 2.45) is 5.92 Å². The third-order valence-corrected chi connectivity index (χ3v) is 2.65. The number of rotatable bonds is 11. The van der Waals surface area contributed by atoms with Crippen LogP contribution < -0.4 is 10.6 Å². The molecule has 1 heterocycles. The molecule has 20 heavy (non-hydrogen) atoms. The number of hydrogen-bond acceptors (Lipinski definition) is 5. The van der Waals surface area contributed by atoms with E-state index in [1.807, 2.05) is 20.8 Å². The van der Waals surface area contributed by atoms with Crippen LogP contribution >= 0.6 is 0 Å². The van der Waals surface area contributed by atoms with Crippen molar-refractivity contribution in [2.45, 2.75) is 20.8 Å². The first-order valence-corrected chi connectivity index (χ1v) is 7.56. The van der Waals surface area contributed by atoms with Gasteiger partial charge in [-0.2, -0.15) is 0 Å². The quantitative estimate of drug-likeness (QED) is 0.540. The molecule has 1 aliphatic heterocycles. The lowest BCUT2D eigenvalue weighted by atomic mass is 10.0. The van der Waals surface area contributed by atoms with Gasteiger partial charge in [0.25, 0.3) is 0 Å². The molecular formula is C14H30N2O4. The third-order valence-electron chi connectivity index (χ3n) is 2.65. The molecule has 0 bridgehead atoms. The highest BCUT2D eigenvalue weighted by molar-refractivity contribution is 5.79. The molecule has 0 spiro atoms. The second-order valence-corrected chi connectivity index (χ2v) is 4.07. The van der Waals surface area contributed by atoms with Gasteiger partial charge in [-0.25, -0.2) is 0 Å². The Morgan fingerprint density at radius 1 is 1.05 bits per heavy atom. The van der Waals surface area contributed by atoms with Crippen molar-refractivity contribution in [3.63, 3.8) is 0 Å². The largest absolute Gasteiger partial charge is 0.379 e. The summed E-state index contributed by atoms with van der Waals surface area (Å²) in [5, 5.41) is 5.90. The van der Waals surface area contributed by atoms with Crippen molar-refractivity contribution >= 4 is 5.91 Å². The minimum Gasteiger partial charge on any atom is -0.379 e. The van der Waals surface area contributed by atoms with Crippen LogP contribution in [0.3, 0.4) is 0 Å². The lowest BCUT2D eigenvalue weighted by molar-refractivity contribution is -0.126. The van der Waals surface area contributed by atoms with E-state index >= 15 is 0 Å². The van der Waals surface area contributed by atoms with Crippen LogP contribution in [0.15, 0.2) is 0 Å². The standard InChI is InChI=1S/C12H24N2O4.C2H6/c1-2-16-5-6-18-8-7-17-4-3-14-12(15)11-9-13-10-11;1-2/h11,13H,2-10H2,1H3,(H,14,15);1-2H3. The highest BCUT2D eigenvalue weighted by Gasteiger charge is 2.23. The minimum atomic E-state index is 0.116. The average molecular weight is 290 g/mol. The Labute approximate surface area is 122 Å². The van der Waals surface area contributed by atoms with Crippen molar-refractivity contribution < 1.29 is 19.0 Å². The van der Waals surface area contributed by atoms with Gasteiger partial charge in [0.05, 0.1) is 39.0 Å². The van der Waals surface area contributed by atoms with Crippen molar-refractivity contribution in [1.82, 2.24) is 10.6 Å². The van der Waals surface area contributed by atoms with Gasteiger partial charge in [-0.1, -0.05) is 13.8 Å². The zero-order chi connectivity index (χ0) is 15.1. The molecule has 1 fully saturated rings. The molecule has 0 aromatic heterocycles. The molecular weight excluding hydrogens is 260 g/mol. The number of amides is 1. The van der Waals surface area contributed by atoms with E-state index in [9.17, 15) is 4.79 Å². The third kappa shape index (κ3) is 10.1. The summed E-state index contributed by atoms with van der Waals surface area (Å²) in [7, 11) is 0. The number of hydrogen-bond donors (Lipinski definition) is 2. The topological polar surface area (TPSA) is 68.8 Å². The molecule has 1 rings (SSSR count). The SMILES string of the molecule is CC.CCOCCOCCOCCNC(=O)C1CNC1. The van der Waals surface area contributed by atoms with Gasteiger partial charge in [-0.05, 0) is 6.92 Å². The molecule has 1 aliphatic rings. The maximum atomic E-state index is 11.4. The molecule has 1 saturated heterocycles. The van der Waals surface area contributed by atoms with Gasteiger partial charge in [-0.15, -0.1) is 0 Å². The van der Waals surface area contributed by atoms with E-state index < -0.39 is 0 Å². The molecule has 0 aromatic carbocycles. The second kappa shape index (κ2) is 14.7. The molecule has 0 unspecified atom stereocenters. The van der Waals surface area contributed by atoms with Crippen LogP contribution in [-0.2, 0) is 19.0 Å². The van der Waals surface area contributed by atoms with Gasteiger partial charge in [0, 0.05) is 26.2 Å². The molecule has 0 aliphatic carbocycles. The van der Waals surface area contributed by atoms with E-state index in [0.717, 1.165) is 19.7 Å². The van der Waals surface area contributed by atoms with Crippen molar-refractivity contribution in [3.05, 3.63) is 0 Å². The predicted molar refractivity (Wildman–Crippen MR) is 78.8 cm³/mol. The zero-order valence-corrected chi connectivity index (χ0v) is 13.1. The summed E-state index contributed by atoms with van der Waals surface area (Å²) < 4.78 is 15.7. The molecule has 1 amide bonds. The number of carbonyl (C=O) groups is 1. The number of carbonyl (C=O) groups excluding carboxylic acids is 1. The van der Waals surface area contributed by atoms with Crippen molar-refractivity contribution in [3.8, 4) is 0 Å². The summed E-state index contributed by atoms with van der Waals surface area (Å²) in [6.45, 7) is 11.7. The molecule has 2 N–H and O–H groups in total. The average Bonchev–Trinajstić information content (AvgIpc) is 2.41. The summed E-state index contributed by atoms with van der Waals surface area (Å²) in [5.74, 6) is 0.261. The Morgan fingerprint density at radius 3 is 2.10 bits per heavy atom. The summed E-state index contributed by atoms with van der Waals surface area (Å²) in [6, 6.07) is 0. The van der Waals surface area contributed by atoms with Crippen molar-refractivity contribution in [1.29, 1.82) is 0 Å². The zero-order valence-electron chi connectivity index (χ0n) is 13.1. The fraction of sp³-hybridized carbons (Fsp3) is 0.929. The van der Waals surface area contributed by atoms with E-state index in [1.165, 1.54) is 0 Å². The molecule has 0 aromatic rings. The number of nitrogens with one attached hydrogen (secondary N) is 2. The first-order chi connectivity index (χ1) is 9.84. The van der Waals surface area contributed by atoms with Crippen LogP contribution in [-0.4, -0.2) is 65.2 Å². The van der Waals surface area contributed by atoms with Crippen LogP contribution in [0.5, 0.6) is 0 Å². The lowest BCUT2D eigenvalue weighted by Crippen LogP contribution is -2.51. The van der Waals surface area contributed by atoms with Crippen LogP contribution in [0.25, 0.3) is 0 Å². The van der Waals surface area contributed by atoms with Crippen LogP contribution in [0, 0.1) is 5.92 Å². The van der Waals surface area contributed by atoms with Crippen LogP contribution in [0.2, 0.25) is 0 Å². The monoisotopic (exact) mass is 290 g/mol. The van der Waals surface area contributed by atoms with E-state index in [1.54, 1.807) is 0 Å². The summed E-state index contributed by atoms with van der Waals surface area (Å²) >= 11 is 0. The molecule has 0 atom stereocenters. The van der Waals surface area contributed by atoms with Gasteiger partial charge in [-0.3, -0.25) is 4.79 Å². The second-order valence-electron chi connectivity index (χ2n) is 4.07. The smallest absolute Gasteiger partial charge is 0.225 e. The first kappa shape index (κ1) is 19.3. The lowest BCUT2D eigenvalue weighted by Gasteiger charge is -2.25. The Hall–Kier alpha value is -0.690.